The molecule has 0 saturated carbocycles. The predicted molar refractivity (Wildman–Crippen MR) is 82.8 cm³/mol. The maximum Gasteiger partial charge on any atom is 0.130 e. The Morgan fingerprint density at radius 3 is 2.63 bits per heavy atom. The molecule has 0 unspecified atom stereocenters. The molecule has 1 fully saturated rings. The third-order valence-corrected chi connectivity index (χ3v) is 3.46. The Morgan fingerprint density at radius 1 is 1.26 bits per heavy atom. The van der Waals surface area contributed by atoms with Crippen molar-refractivity contribution in [1.29, 1.82) is 0 Å². The van der Waals surface area contributed by atoms with E-state index in [1.54, 1.807) is 0 Å². The highest BCUT2D eigenvalue weighted by atomic mass is 15.2. The zero-order valence-corrected chi connectivity index (χ0v) is 13.0. The molecule has 3 nitrogen and oxygen atoms in total. The number of nitrogens with one attached hydrogen (secondary N) is 1. The summed E-state index contributed by atoms with van der Waals surface area (Å²) in [5.41, 5.74) is 0.445. The lowest BCUT2D eigenvalue weighted by atomic mass is 9.84. The molecule has 3 heteroatoms. The van der Waals surface area contributed by atoms with Crippen molar-refractivity contribution in [2.75, 3.05) is 23.3 Å². The van der Waals surface area contributed by atoms with E-state index in [1.807, 2.05) is 6.07 Å². The van der Waals surface area contributed by atoms with Crippen molar-refractivity contribution in [1.82, 2.24) is 4.98 Å². The van der Waals surface area contributed by atoms with E-state index in [9.17, 15) is 0 Å². The molecule has 0 aromatic carbocycles. The summed E-state index contributed by atoms with van der Waals surface area (Å²) in [4.78, 5) is 7.18. The highest BCUT2D eigenvalue weighted by Crippen LogP contribution is 2.31. The van der Waals surface area contributed by atoms with E-state index < -0.39 is 0 Å². The van der Waals surface area contributed by atoms with Crippen LogP contribution in [0.15, 0.2) is 18.2 Å². The molecule has 1 N–H and O–H groups in total. The van der Waals surface area contributed by atoms with Crippen molar-refractivity contribution in [3.63, 3.8) is 0 Å². The van der Waals surface area contributed by atoms with Crippen LogP contribution in [-0.4, -0.2) is 23.6 Å². The van der Waals surface area contributed by atoms with Crippen molar-refractivity contribution in [3.8, 4) is 0 Å². The maximum atomic E-state index is 4.76. The van der Waals surface area contributed by atoms with Gasteiger partial charge >= 0.3 is 0 Å². The second kappa shape index (κ2) is 5.03. The summed E-state index contributed by atoms with van der Waals surface area (Å²) in [6, 6.07) is 6.26. The van der Waals surface area contributed by atoms with E-state index in [0.717, 1.165) is 24.7 Å². The summed E-state index contributed by atoms with van der Waals surface area (Å²) >= 11 is 0. The Hall–Kier alpha value is -1.25. The lowest BCUT2D eigenvalue weighted by Gasteiger charge is -2.39. The number of hydrogen-bond donors (Lipinski definition) is 1. The second-order valence-corrected chi connectivity index (χ2v) is 7.45. The highest BCUT2D eigenvalue weighted by Gasteiger charge is 2.27. The van der Waals surface area contributed by atoms with Gasteiger partial charge in [0.25, 0.3) is 0 Å². The third kappa shape index (κ3) is 4.12. The summed E-state index contributed by atoms with van der Waals surface area (Å²) in [6.45, 7) is 13.4. The monoisotopic (exact) mass is 261 g/mol. The summed E-state index contributed by atoms with van der Waals surface area (Å²) < 4.78 is 0. The smallest absolute Gasteiger partial charge is 0.130 e. The second-order valence-electron chi connectivity index (χ2n) is 7.45. The molecule has 0 radical (unpaired) electrons. The number of aromatic nitrogens is 1. The fourth-order valence-corrected chi connectivity index (χ4v) is 2.67. The first kappa shape index (κ1) is 14.2. The molecule has 0 bridgehead atoms. The van der Waals surface area contributed by atoms with Gasteiger partial charge in [0.1, 0.15) is 11.6 Å². The van der Waals surface area contributed by atoms with Gasteiger partial charge in [-0.25, -0.2) is 4.98 Å². The zero-order valence-electron chi connectivity index (χ0n) is 13.0. The third-order valence-electron chi connectivity index (χ3n) is 3.46. The normalized spacial score (nSPS) is 19.3. The van der Waals surface area contributed by atoms with Crippen LogP contribution in [0.2, 0.25) is 0 Å². The molecule has 0 atom stereocenters. The van der Waals surface area contributed by atoms with Crippen molar-refractivity contribution in [3.05, 3.63) is 18.2 Å². The topological polar surface area (TPSA) is 28.2 Å². The van der Waals surface area contributed by atoms with Crippen LogP contribution in [0.5, 0.6) is 0 Å². The van der Waals surface area contributed by atoms with Crippen LogP contribution in [0, 0.1) is 5.41 Å². The molecule has 1 aromatic heterocycles. The SMILES string of the molecule is CC1(C)CCCN(c2cccc(NC(C)(C)C)n2)C1. The first-order valence-corrected chi connectivity index (χ1v) is 7.25. The highest BCUT2D eigenvalue weighted by molar-refractivity contribution is 5.48. The quantitative estimate of drug-likeness (QED) is 0.874. The Balaban J connectivity index is 2.14. The van der Waals surface area contributed by atoms with Gasteiger partial charge in [-0.2, -0.15) is 0 Å². The summed E-state index contributed by atoms with van der Waals surface area (Å²) in [6.07, 6.45) is 2.56. The molecule has 1 aliphatic heterocycles. The molecule has 1 aliphatic rings. The van der Waals surface area contributed by atoms with E-state index in [-0.39, 0.29) is 5.54 Å². The van der Waals surface area contributed by atoms with Crippen LogP contribution in [0.1, 0.15) is 47.5 Å². The van der Waals surface area contributed by atoms with E-state index >= 15 is 0 Å². The minimum absolute atomic E-state index is 0.0484. The van der Waals surface area contributed by atoms with Gasteiger partial charge in [-0.15, -0.1) is 0 Å². The first-order chi connectivity index (χ1) is 8.75. The molecule has 0 amide bonds. The zero-order chi connectivity index (χ0) is 14.1. The minimum Gasteiger partial charge on any atom is -0.365 e. The van der Waals surface area contributed by atoms with E-state index in [1.165, 1.54) is 12.8 Å². The van der Waals surface area contributed by atoms with Crippen LogP contribution in [0.25, 0.3) is 0 Å². The van der Waals surface area contributed by atoms with Crippen LogP contribution in [0.4, 0.5) is 11.6 Å². The van der Waals surface area contributed by atoms with Crippen molar-refractivity contribution in [2.45, 2.75) is 53.0 Å². The Labute approximate surface area is 117 Å². The number of nitrogens with zero attached hydrogens (tertiary/aromatic N) is 2. The largest absolute Gasteiger partial charge is 0.365 e. The number of anilines is 2. The number of rotatable bonds is 2. The fourth-order valence-electron chi connectivity index (χ4n) is 2.67. The average Bonchev–Trinajstić information content (AvgIpc) is 2.25. The van der Waals surface area contributed by atoms with E-state index in [0.29, 0.717) is 5.41 Å². The van der Waals surface area contributed by atoms with Crippen molar-refractivity contribution in [2.24, 2.45) is 5.41 Å². The van der Waals surface area contributed by atoms with Crippen LogP contribution in [-0.2, 0) is 0 Å². The van der Waals surface area contributed by atoms with Crippen molar-refractivity contribution < 1.29 is 0 Å². The van der Waals surface area contributed by atoms with Crippen LogP contribution < -0.4 is 10.2 Å². The van der Waals surface area contributed by atoms with Gasteiger partial charge in [-0.05, 0) is 51.2 Å². The van der Waals surface area contributed by atoms with Crippen LogP contribution in [0.3, 0.4) is 0 Å². The molecule has 2 rings (SSSR count). The summed E-state index contributed by atoms with van der Waals surface area (Å²) in [5.74, 6) is 2.07. The lowest BCUT2D eigenvalue weighted by molar-refractivity contribution is 0.292. The summed E-state index contributed by atoms with van der Waals surface area (Å²) in [5, 5.41) is 3.44. The van der Waals surface area contributed by atoms with Gasteiger partial charge in [-0.1, -0.05) is 19.9 Å². The number of hydrogen-bond acceptors (Lipinski definition) is 3. The van der Waals surface area contributed by atoms with Crippen LogP contribution >= 0.6 is 0 Å². The van der Waals surface area contributed by atoms with Crippen molar-refractivity contribution >= 4 is 11.6 Å². The first-order valence-electron chi connectivity index (χ1n) is 7.25. The molecular formula is C16H27N3. The molecule has 1 saturated heterocycles. The molecular weight excluding hydrogens is 234 g/mol. The molecule has 0 aliphatic carbocycles. The standard InChI is InChI=1S/C16H27N3/c1-15(2,3)18-13-8-6-9-14(17-13)19-11-7-10-16(4,5)12-19/h6,8-9H,7,10-12H2,1-5H3,(H,17,18). The maximum absolute atomic E-state index is 4.76. The predicted octanol–water partition coefficient (Wildman–Crippen LogP) is 3.92. The fraction of sp³-hybridized carbons (Fsp3) is 0.688. The van der Waals surface area contributed by atoms with Gasteiger partial charge in [0.15, 0.2) is 0 Å². The Morgan fingerprint density at radius 2 is 2.00 bits per heavy atom. The average molecular weight is 261 g/mol. The molecule has 19 heavy (non-hydrogen) atoms. The number of pyridine rings is 1. The molecule has 1 aromatic rings. The van der Waals surface area contributed by atoms with E-state index in [2.05, 4.69) is 57.0 Å². The van der Waals surface area contributed by atoms with Gasteiger partial charge in [0.05, 0.1) is 0 Å². The van der Waals surface area contributed by atoms with Gasteiger partial charge < -0.3 is 10.2 Å². The van der Waals surface area contributed by atoms with E-state index in [4.69, 9.17) is 4.98 Å². The Kier molecular flexibility index (Phi) is 3.75. The molecule has 0 spiro atoms. The van der Waals surface area contributed by atoms with Gasteiger partial charge in [0, 0.05) is 18.6 Å². The summed E-state index contributed by atoms with van der Waals surface area (Å²) in [7, 11) is 0. The lowest BCUT2D eigenvalue weighted by Crippen LogP contribution is -2.40. The van der Waals surface area contributed by atoms with Gasteiger partial charge in [-0.3, -0.25) is 0 Å². The molecule has 2 heterocycles. The molecule has 106 valence electrons. The number of piperidine rings is 1. The Bertz CT molecular complexity index is 432. The minimum atomic E-state index is 0.0484. The van der Waals surface area contributed by atoms with Gasteiger partial charge in [0.2, 0.25) is 0 Å².